The molecule has 0 amide bonds. The van der Waals surface area contributed by atoms with Crippen molar-refractivity contribution in [3.63, 3.8) is 0 Å². The second kappa shape index (κ2) is 11.9. The van der Waals surface area contributed by atoms with E-state index >= 15 is 0 Å². The quantitative estimate of drug-likeness (QED) is 0.202. The van der Waals surface area contributed by atoms with Crippen LogP contribution in [0.2, 0.25) is 0 Å². The monoisotopic (exact) mass is 597 g/mol. The molecule has 0 N–H and O–H groups in total. The smallest absolute Gasteiger partial charge is 0.291 e. The Labute approximate surface area is 255 Å². The van der Waals surface area contributed by atoms with Gasteiger partial charge in [0.05, 0.1) is 10.2 Å². The van der Waals surface area contributed by atoms with Gasteiger partial charge < -0.3 is 4.74 Å². The van der Waals surface area contributed by atoms with E-state index in [-0.39, 0.29) is 11.4 Å². The molecule has 3 heterocycles. The highest BCUT2D eigenvalue weighted by Crippen LogP contribution is 2.27. The van der Waals surface area contributed by atoms with Crippen LogP contribution in [0.1, 0.15) is 22.5 Å². The van der Waals surface area contributed by atoms with Crippen LogP contribution in [-0.2, 0) is 6.61 Å². The van der Waals surface area contributed by atoms with E-state index in [0.717, 1.165) is 39.4 Å². The lowest BCUT2D eigenvalue weighted by atomic mass is 10.1. The van der Waals surface area contributed by atoms with Gasteiger partial charge in [0.1, 0.15) is 23.9 Å². The van der Waals surface area contributed by atoms with Crippen molar-refractivity contribution in [1.29, 1.82) is 0 Å². The largest absolute Gasteiger partial charge is 0.489 e. The van der Waals surface area contributed by atoms with Gasteiger partial charge in [0.25, 0.3) is 5.56 Å². The Kier molecular flexibility index (Phi) is 7.35. The summed E-state index contributed by atoms with van der Waals surface area (Å²) in [5.74, 6) is 0.851. The fourth-order valence-corrected chi connectivity index (χ4v) is 5.59. The summed E-state index contributed by atoms with van der Waals surface area (Å²) in [7, 11) is 0. The Morgan fingerprint density at radius 2 is 1.55 bits per heavy atom. The standard InChI is InChI=1S/C35H24FN5O2S/c36-28-16-11-24(12-17-28)13-20-32-37-35-41(38-32)34(42)31(44-35)21-27-22-40(29-9-5-2-6-10-29)39-33(27)26-14-18-30(19-15-26)43-23-25-7-3-1-4-8-25/h1-22H,23H2/b20-13+,31-21-. The van der Waals surface area contributed by atoms with Crippen LogP contribution >= 0.6 is 11.3 Å². The number of thiazole rings is 1. The molecule has 7 aromatic rings. The molecule has 0 atom stereocenters. The minimum Gasteiger partial charge on any atom is -0.489 e. The summed E-state index contributed by atoms with van der Waals surface area (Å²) >= 11 is 1.26. The van der Waals surface area contributed by atoms with E-state index in [1.165, 1.54) is 28.0 Å². The van der Waals surface area contributed by atoms with Crippen molar-refractivity contribution in [2.24, 2.45) is 0 Å². The van der Waals surface area contributed by atoms with Gasteiger partial charge in [0.2, 0.25) is 4.96 Å². The predicted octanol–water partition coefficient (Wildman–Crippen LogP) is 6.44. The van der Waals surface area contributed by atoms with Crippen molar-refractivity contribution in [2.45, 2.75) is 6.61 Å². The lowest BCUT2D eigenvalue weighted by Crippen LogP contribution is -2.23. The molecule has 0 saturated carbocycles. The summed E-state index contributed by atoms with van der Waals surface area (Å²) in [6.07, 6.45) is 7.22. The number of fused-ring (bicyclic) bond motifs is 1. The zero-order valence-electron chi connectivity index (χ0n) is 23.2. The normalized spacial score (nSPS) is 12.0. The summed E-state index contributed by atoms with van der Waals surface area (Å²) in [5.41, 5.74) is 4.93. The Bertz CT molecular complexity index is 2190. The number of nitrogens with zero attached hydrogens (tertiary/aromatic N) is 5. The Morgan fingerprint density at radius 1 is 0.818 bits per heavy atom. The number of rotatable bonds is 8. The first-order valence-electron chi connectivity index (χ1n) is 13.9. The van der Waals surface area contributed by atoms with Crippen molar-refractivity contribution < 1.29 is 9.13 Å². The summed E-state index contributed by atoms with van der Waals surface area (Å²) in [6.45, 7) is 0.478. The molecule has 0 bridgehead atoms. The molecule has 0 unspecified atom stereocenters. The van der Waals surface area contributed by atoms with Gasteiger partial charge in [0, 0.05) is 17.3 Å². The maximum Gasteiger partial charge on any atom is 0.291 e. The maximum absolute atomic E-state index is 13.3. The summed E-state index contributed by atoms with van der Waals surface area (Å²) in [6, 6.07) is 33.7. The number of benzene rings is 4. The zero-order chi connectivity index (χ0) is 29.9. The molecule has 0 radical (unpaired) electrons. The average Bonchev–Trinajstić information content (AvgIpc) is 3.75. The molecule has 4 aromatic carbocycles. The van der Waals surface area contributed by atoms with E-state index in [0.29, 0.717) is 21.9 Å². The van der Waals surface area contributed by atoms with E-state index in [9.17, 15) is 9.18 Å². The number of halogens is 1. The SMILES string of the molecule is O=c1/c(=C/c2cn(-c3ccccc3)nc2-c2ccc(OCc3ccccc3)cc2)sc2nc(/C=C/c3ccc(F)cc3)nn12. The molecule has 0 spiro atoms. The number of para-hydroxylation sites is 1. The molecule has 9 heteroatoms. The predicted molar refractivity (Wildman–Crippen MR) is 171 cm³/mol. The van der Waals surface area contributed by atoms with E-state index in [1.54, 1.807) is 29.0 Å². The highest BCUT2D eigenvalue weighted by atomic mass is 32.1. The number of hydrogen-bond acceptors (Lipinski definition) is 6. The lowest BCUT2D eigenvalue weighted by Gasteiger charge is -2.07. The Morgan fingerprint density at radius 3 is 2.27 bits per heavy atom. The van der Waals surface area contributed by atoms with Gasteiger partial charge in [-0.15, -0.1) is 5.10 Å². The van der Waals surface area contributed by atoms with Gasteiger partial charge >= 0.3 is 0 Å². The first kappa shape index (κ1) is 27.2. The van der Waals surface area contributed by atoms with Gasteiger partial charge in [0.15, 0.2) is 5.82 Å². The van der Waals surface area contributed by atoms with E-state index in [1.807, 2.05) is 97.2 Å². The molecule has 44 heavy (non-hydrogen) atoms. The van der Waals surface area contributed by atoms with Gasteiger partial charge in [-0.3, -0.25) is 4.79 Å². The minimum absolute atomic E-state index is 0.262. The number of ether oxygens (including phenoxy) is 1. The second-order valence-corrected chi connectivity index (χ2v) is 11.0. The molecule has 3 aromatic heterocycles. The molecule has 214 valence electrons. The van der Waals surface area contributed by atoms with Crippen molar-refractivity contribution >= 4 is 34.5 Å². The van der Waals surface area contributed by atoms with Crippen molar-refractivity contribution in [3.8, 4) is 22.7 Å². The highest BCUT2D eigenvalue weighted by Gasteiger charge is 2.14. The topological polar surface area (TPSA) is 74.3 Å². The molecule has 0 saturated heterocycles. The summed E-state index contributed by atoms with van der Waals surface area (Å²) in [4.78, 5) is 18.3. The fraction of sp³-hybridized carbons (Fsp3) is 0.0286. The third-order valence-corrected chi connectivity index (χ3v) is 7.88. The summed E-state index contributed by atoms with van der Waals surface area (Å²) in [5, 5.41) is 9.27. The molecule has 0 aliphatic heterocycles. The third kappa shape index (κ3) is 5.81. The first-order valence-corrected chi connectivity index (χ1v) is 14.7. The molecular formula is C35H24FN5O2S. The molecule has 7 nitrogen and oxygen atoms in total. The summed E-state index contributed by atoms with van der Waals surface area (Å²) < 4.78 is 22.8. The maximum atomic E-state index is 13.3. The van der Waals surface area contributed by atoms with Crippen LogP contribution in [0.15, 0.2) is 120 Å². The molecule has 0 aliphatic rings. The molecule has 0 fully saturated rings. The second-order valence-electron chi connectivity index (χ2n) is 9.98. The van der Waals surface area contributed by atoms with Crippen LogP contribution < -0.4 is 14.8 Å². The number of hydrogen-bond donors (Lipinski definition) is 0. The average molecular weight is 598 g/mol. The third-order valence-electron chi connectivity index (χ3n) is 6.92. The van der Waals surface area contributed by atoms with Gasteiger partial charge in [-0.1, -0.05) is 78.1 Å². The van der Waals surface area contributed by atoms with E-state index < -0.39 is 0 Å². The van der Waals surface area contributed by atoms with Crippen molar-refractivity contribution in [1.82, 2.24) is 24.4 Å². The zero-order valence-corrected chi connectivity index (χ0v) is 24.1. The van der Waals surface area contributed by atoms with Crippen LogP contribution in [0.3, 0.4) is 0 Å². The van der Waals surface area contributed by atoms with E-state index in [4.69, 9.17) is 9.84 Å². The van der Waals surface area contributed by atoms with E-state index in [2.05, 4.69) is 10.1 Å². The Hall–Kier alpha value is -5.67. The highest BCUT2D eigenvalue weighted by molar-refractivity contribution is 7.15. The van der Waals surface area contributed by atoms with Gasteiger partial charge in [-0.2, -0.15) is 14.6 Å². The van der Waals surface area contributed by atoms with Gasteiger partial charge in [-0.25, -0.2) is 9.07 Å². The molecular weight excluding hydrogens is 573 g/mol. The van der Waals surface area contributed by atoms with Crippen molar-refractivity contribution in [3.05, 3.63) is 159 Å². The van der Waals surface area contributed by atoms with Crippen LogP contribution in [0, 0.1) is 5.82 Å². The number of aromatic nitrogens is 5. The van der Waals surface area contributed by atoms with Crippen LogP contribution in [0.5, 0.6) is 5.75 Å². The molecule has 7 rings (SSSR count). The molecule has 0 aliphatic carbocycles. The van der Waals surface area contributed by atoms with Crippen LogP contribution in [0.4, 0.5) is 4.39 Å². The fourth-order valence-electron chi connectivity index (χ4n) is 4.69. The van der Waals surface area contributed by atoms with Crippen LogP contribution in [-0.4, -0.2) is 24.4 Å². The van der Waals surface area contributed by atoms with Crippen molar-refractivity contribution in [2.75, 3.05) is 0 Å². The lowest BCUT2D eigenvalue weighted by molar-refractivity contribution is 0.306. The first-order chi connectivity index (χ1) is 21.6. The minimum atomic E-state index is -0.301. The van der Waals surface area contributed by atoms with Gasteiger partial charge in [-0.05, 0) is 71.8 Å². The van der Waals surface area contributed by atoms with Crippen LogP contribution in [0.25, 0.3) is 40.1 Å². The Balaban J connectivity index is 1.21.